The van der Waals surface area contributed by atoms with E-state index in [4.69, 9.17) is 4.74 Å². The molecule has 0 fully saturated rings. The van der Waals surface area contributed by atoms with E-state index in [0.29, 0.717) is 25.9 Å². The van der Waals surface area contributed by atoms with Gasteiger partial charge in [-0.2, -0.15) is 10.2 Å². The summed E-state index contributed by atoms with van der Waals surface area (Å²) in [4.78, 5) is 17.0. The molecule has 162 valence electrons. The van der Waals surface area contributed by atoms with Crippen molar-refractivity contribution in [2.24, 2.45) is 0 Å². The van der Waals surface area contributed by atoms with Crippen LogP contribution in [0.5, 0.6) is 5.75 Å². The summed E-state index contributed by atoms with van der Waals surface area (Å²) in [7, 11) is 1.65. The molecule has 8 nitrogen and oxygen atoms in total. The van der Waals surface area contributed by atoms with Crippen LogP contribution in [0.3, 0.4) is 0 Å². The molecule has 0 spiro atoms. The van der Waals surface area contributed by atoms with Crippen molar-refractivity contribution in [2.45, 2.75) is 39.8 Å². The number of fused-ring (bicyclic) bond motifs is 1. The quantitative estimate of drug-likeness (QED) is 0.433. The van der Waals surface area contributed by atoms with Gasteiger partial charge < -0.3 is 10.1 Å². The molecule has 3 heterocycles. The van der Waals surface area contributed by atoms with E-state index in [-0.39, 0.29) is 5.91 Å². The van der Waals surface area contributed by atoms with Crippen LogP contribution in [0.25, 0.3) is 22.3 Å². The number of methoxy groups -OCH3 is 1. The van der Waals surface area contributed by atoms with E-state index in [1.165, 1.54) is 0 Å². The average Bonchev–Trinajstić information content (AvgIpc) is 3.50. The Hall–Kier alpha value is -3.20. The van der Waals surface area contributed by atoms with Crippen LogP contribution in [-0.2, 0) is 24.3 Å². The SMILES string of the molecule is CCn1nc(C)c2c1cnn2CCC(=O)NCCc1nc(-c2ccc(OC)cc2)cs1. The van der Waals surface area contributed by atoms with Gasteiger partial charge in [-0.1, -0.05) is 0 Å². The van der Waals surface area contributed by atoms with Crippen molar-refractivity contribution in [1.82, 2.24) is 29.9 Å². The van der Waals surface area contributed by atoms with E-state index in [1.807, 2.05) is 52.1 Å². The maximum atomic E-state index is 12.3. The third-order valence-corrected chi connectivity index (χ3v) is 6.07. The van der Waals surface area contributed by atoms with Gasteiger partial charge in [-0.15, -0.1) is 11.3 Å². The summed E-state index contributed by atoms with van der Waals surface area (Å²) in [5.41, 5.74) is 4.95. The fourth-order valence-corrected chi connectivity index (χ4v) is 4.36. The number of nitrogens with one attached hydrogen (secondary N) is 1. The molecule has 1 amide bonds. The van der Waals surface area contributed by atoms with Crippen molar-refractivity contribution >= 4 is 28.3 Å². The molecule has 0 atom stereocenters. The maximum absolute atomic E-state index is 12.3. The maximum Gasteiger partial charge on any atom is 0.221 e. The molecule has 0 saturated heterocycles. The number of carbonyl (C=O) groups is 1. The minimum atomic E-state index is 0.0103. The van der Waals surface area contributed by atoms with Gasteiger partial charge in [-0.25, -0.2) is 4.98 Å². The summed E-state index contributed by atoms with van der Waals surface area (Å²) in [6.07, 6.45) is 2.91. The third-order valence-electron chi connectivity index (χ3n) is 5.16. The largest absolute Gasteiger partial charge is 0.497 e. The van der Waals surface area contributed by atoms with Crippen LogP contribution in [-0.4, -0.2) is 44.1 Å². The van der Waals surface area contributed by atoms with Crippen LogP contribution in [0.1, 0.15) is 24.0 Å². The van der Waals surface area contributed by atoms with Crippen LogP contribution >= 0.6 is 11.3 Å². The number of hydrogen-bond acceptors (Lipinski definition) is 6. The summed E-state index contributed by atoms with van der Waals surface area (Å²) < 4.78 is 8.99. The van der Waals surface area contributed by atoms with Crippen molar-refractivity contribution in [1.29, 1.82) is 0 Å². The number of ether oxygens (including phenoxy) is 1. The molecule has 0 aliphatic heterocycles. The first kappa shape index (κ1) is 21.0. The van der Waals surface area contributed by atoms with Crippen molar-refractivity contribution in [3.63, 3.8) is 0 Å². The van der Waals surface area contributed by atoms with E-state index >= 15 is 0 Å². The summed E-state index contributed by atoms with van der Waals surface area (Å²) in [6, 6.07) is 7.85. The highest BCUT2D eigenvalue weighted by molar-refractivity contribution is 7.09. The highest BCUT2D eigenvalue weighted by Crippen LogP contribution is 2.24. The number of aryl methyl sites for hydroxylation is 3. The fourth-order valence-electron chi connectivity index (χ4n) is 3.55. The lowest BCUT2D eigenvalue weighted by atomic mass is 10.2. The Labute approximate surface area is 184 Å². The standard InChI is InChI=1S/C22H26N6O2S/c1-4-27-19-13-24-28(22(19)15(2)26-27)12-10-20(29)23-11-9-21-25-18(14-31-21)16-5-7-17(30-3)8-6-16/h5-8,13-14H,4,9-12H2,1-3H3,(H,23,29). The number of thiazole rings is 1. The zero-order chi connectivity index (χ0) is 21.8. The molecule has 0 bridgehead atoms. The molecule has 31 heavy (non-hydrogen) atoms. The molecule has 1 aromatic carbocycles. The molecule has 4 rings (SSSR count). The number of nitrogens with zero attached hydrogens (tertiary/aromatic N) is 5. The van der Waals surface area contributed by atoms with E-state index in [1.54, 1.807) is 18.4 Å². The normalized spacial score (nSPS) is 11.2. The van der Waals surface area contributed by atoms with E-state index in [9.17, 15) is 4.79 Å². The number of rotatable bonds is 9. The Morgan fingerprint density at radius 3 is 2.77 bits per heavy atom. The molecule has 3 aromatic heterocycles. The average molecular weight is 439 g/mol. The Balaban J connectivity index is 1.26. The van der Waals surface area contributed by atoms with Crippen LogP contribution in [0.4, 0.5) is 0 Å². The summed E-state index contributed by atoms with van der Waals surface area (Å²) in [5.74, 6) is 0.836. The first-order chi connectivity index (χ1) is 15.1. The number of aromatic nitrogens is 5. The lowest BCUT2D eigenvalue weighted by molar-refractivity contribution is -0.121. The Bertz CT molecular complexity index is 1170. The van der Waals surface area contributed by atoms with E-state index in [0.717, 1.165) is 45.3 Å². The highest BCUT2D eigenvalue weighted by Gasteiger charge is 2.13. The van der Waals surface area contributed by atoms with Gasteiger partial charge in [0, 0.05) is 36.9 Å². The molecular weight excluding hydrogens is 412 g/mol. The van der Waals surface area contributed by atoms with Crippen LogP contribution in [0.2, 0.25) is 0 Å². The lowest BCUT2D eigenvalue weighted by Crippen LogP contribution is -2.26. The zero-order valence-corrected chi connectivity index (χ0v) is 18.8. The summed E-state index contributed by atoms with van der Waals surface area (Å²) >= 11 is 1.61. The fraction of sp³-hybridized carbons (Fsp3) is 0.364. The molecule has 0 unspecified atom stereocenters. The lowest BCUT2D eigenvalue weighted by Gasteiger charge is -2.05. The van der Waals surface area contributed by atoms with E-state index < -0.39 is 0 Å². The Morgan fingerprint density at radius 1 is 1.23 bits per heavy atom. The summed E-state index contributed by atoms with van der Waals surface area (Å²) in [5, 5.41) is 15.0. The molecule has 0 aliphatic rings. The molecule has 0 radical (unpaired) electrons. The van der Waals surface area contributed by atoms with Gasteiger partial charge in [-0.05, 0) is 38.1 Å². The van der Waals surface area contributed by atoms with Crippen LogP contribution in [0.15, 0.2) is 35.8 Å². The number of amides is 1. The summed E-state index contributed by atoms with van der Waals surface area (Å²) in [6.45, 7) is 5.92. The molecule has 4 aromatic rings. The third kappa shape index (κ3) is 4.61. The highest BCUT2D eigenvalue weighted by atomic mass is 32.1. The zero-order valence-electron chi connectivity index (χ0n) is 18.0. The van der Waals surface area contributed by atoms with Crippen molar-refractivity contribution < 1.29 is 9.53 Å². The van der Waals surface area contributed by atoms with Crippen molar-refractivity contribution in [3.05, 3.63) is 46.5 Å². The molecule has 0 aliphatic carbocycles. The van der Waals surface area contributed by atoms with Crippen LogP contribution < -0.4 is 10.1 Å². The van der Waals surface area contributed by atoms with Crippen molar-refractivity contribution in [3.8, 4) is 17.0 Å². The van der Waals surface area contributed by atoms with Gasteiger partial charge in [0.1, 0.15) is 16.8 Å². The van der Waals surface area contributed by atoms with Crippen LogP contribution in [0, 0.1) is 6.92 Å². The van der Waals surface area contributed by atoms with Gasteiger partial charge in [0.15, 0.2) is 0 Å². The number of carbonyl (C=O) groups excluding carboxylic acids is 1. The topological polar surface area (TPSA) is 86.9 Å². The monoisotopic (exact) mass is 438 g/mol. The first-order valence-corrected chi connectivity index (χ1v) is 11.2. The van der Waals surface area contributed by atoms with Gasteiger partial charge >= 0.3 is 0 Å². The Kier molecular flexibility index (Phi) is 6.31. The smallest absolute Gasteiger partial charge is 0.221 e. The van der Waals surface area contributed by atoms with Gasteiger partial charge in [-0.3, -0.25) is 14.2 Å². The predicted molar refractivity (Wildman–Crippen MR) is 121 cm³/mol. The van der Waals surface area contributed by atoms with Gasteiger partial charge in [0.25, 0.3) is 0 Å². The first-order valence-electron chi connectivity index (χ1n) is 10.3. The second-order valence-electron chi connectivity index (χ2n) is 7.21. The van der Waals surface area contributed by atoms with E-state index in [2.05, 4.69) is 27.4 Å². The number of hydrogen-bond donors (Lipinski definition) is 1. The minimum absolute atomic E-state index is 0.0103. The van der Waals surface area contributed by atoms with Gasteiger partial charge in [0.05, 0.1) is 36.2 Å². The predicted octanol–water partition coefficient (Wildman–Crippen LogP) is 3.44. The second-order valence-corrected chi connectivity index (χ2v) is 8.15. The number of benzene rings is 1. The Morgan fingerprint density at radius 2 is 2.03 bits per heavy atom. The van der Waals surface area contributed by atoms with Gasteiger partial charge in [0.2, 0.25) is 5.91 Å². The molecular formula is C22H26N6O2S. The van der Waals surface area contributed by atoms with Crippen molar-refractivity contribution in [2.75, 3.05) is 13.7 Å². The second kappa shape index (κ2) is 9.30. The minimum Gasteiger partial charge on any atom is -0.497 e. The molecule has 1 N–H and O–H groups in total. The molecule has 9 heteroatoms. The molecule has 0 saturated carbocycles.